The molecule has 0 fully saturated rings. The third kappa shape index (κ3) is 1.84. The molecule has 3 N–H and O–H groups in total. The molecule has 1 aromatic carbocycles. The standard InChI is InChI=1S/C8H8ClNO3/c1-13-6-3-4(9)2-5(7(6)10)8(11)12/h2-3H,10H2,1H3,(H,11,12). The second-order valence-electron chi connectivity index (χ2n) is 2.37. The van der Waals surface area contributed by atoms with Gasteiger partial charge >= 0.3 is 5.97 Å². The lowest BCUT2D eigenvalue weighted by atomic mass is 10.1. The number of carbonyl (C=O) groups is 1. The molecule has 0 saturated carbocycles. The predicted molar refractivity (Wildman–Crippen MR) is 49.4 cm³/mol. The number of ether oxygens (including phenoxy) is 1. The molecule has 0 saturated heterocycles. The molecule has 0 atom stereocenters. The zero-order valence-corrected chi connectivity index (χ0v) is 7.63. The Morgan fingerprint density at radius 3 is 2.69 bits per heavy atom. The van der Waals surface area contributed by atoms with Gasteiger partial charge in [0.2, 0.25) is 0 Å². The van der Waals surface area contributed by atoms with E-state index >= 15 is 0 Å². The first kappa shape index (κ1) is 9.67. The average molecular weight is 202 g/mol. The normalized spacial score (nSPS) is 9.69. The van der Waals surface area contributed by atoms with Crippen LogP contribution in [0.3, 0.4) is 0 Å². The van der Waals surface area contributed by atoms with Gasteiger partial charge in [0, 0.05) is 11.1 Å². The van der Waals surface area contributed by atoms with Crippen molar-refractivity contribution in [3.05, 3.63) is 22.7 Å². The highest BCUT2D eigenvalue weighted by Crippen LogP contribution is 2.29. The van der Waals surface area contributed by atoms with Crippen LogP contribution in [-0.2, 0) is 0 Å². The third-order valence-corrected chi connectivity index (χ3v) is 1.78. The number of nitrogens with two attached hydrogens (primary N) is 1. The van der Waals surface area contributed by atoms with E-state index in [4.69, 9.17) is 27.2 Å². The topological polar surface area (TPSA) is 72.5 Å². The maximum atomic E-state index is 10.6. The minimum atomic E-state index is -1.13. The molecule has 0 bridgehead atoms. The van der Waals surface area contributed by atoms with Gasteiger partial charge in [0.1, 0.15) is 5.75 Å². The summed E-state index contributed by atoms with van der Waals surface area (Å²) in [5, 5.41) is 9.00. The van der Waals surface area contributed by atoms with Crippen LogP contribution >= 0.6 is 11.6 Å². The number of aromatic carboxylic acids is 1. The Morgan fingerprint density at radius 2 is 2.23 bits per heavy atom. The number of methoxy groups -OCH3 is 1. The summed E-state index contributed by atoms with van der Waals surface area (Å²) >= 11 is 5.65. The van der Waals surface area contributed by atoms with E-state index in [1.54, 1.807) is 0 Å². The number of benzene rings is 1. The molecule has 5 heteroatoms. The van der Waals surface area contributed by atoms with Gasteiger partial charge in [-0.25, -0.2) is 4.79 Å². The van der Waals surface area contributed by atoms with Crippen LogP contribution < -0.4 is 10.5 Å². The van der Waals surface area contributed by atoms with Crippen LogP contribution in [0.1, 0.15) is 10.4 Å². The van der Waals surface area contributed by atoms with Crippen molar-refractivity contribution in [3.8, 4) is 5.75 Å². The van der Waals surface area contributed by atoms with Crippen LogP contribution in [0.15, 0.2) is 12.1 Å². The molecule has 4 nitrogen and oxygen atoms in total. The highest BCUT2D eigenvalue weighted by molar-refractivity contribution is 6.31. The number of nitrogen functional groups attached to an aromatic ring is 1. The predicted octanol–water partition coefficient (Wildman–Crippen LogP) is 1.63. The number of carboxylic acid groups (broad SMARTS) is 1. The zero-order valence-electron chi connectivity index (χ0n) is 6.87. The Bertz CT molecular complexity index is 351. The Hall–Kier alpha value is -1.42. The molecule has 0 spiro atoms. The summed E-state index contributed by atoms with van der Waals surface area (Å²) in [7, 11) is 1.40. The van der Waals surface area contributed by atoms with Crippen LogP contribution in [0.2, 0.25) is 5.02 Å². The van der Waals surface area contributed by atoms with Gasteiger partial charge in [-0.15, -0.1) is 0 Å². The molecule has 0 heterocycles. The van der Waals surface area contributed by atoms with Gasteiger partial charge in [0.25, 0.3) is 0 Å². The number of anilines is 1. The highest BCUT2D eigenvalue weighted by Gasteiger charge is 2.13. The molecule has 13 heavy (non-hydrogen) atoms. The fourth-order valence-electron chi connectivity index (χ4n) is 0.939. The lowest BCUT2D eigenvalue weighted by Gasteiger charge is -2.07. The van der Waals surface area contributed by atoms with E-state index in [1.165, 1.54) is 19.2 Å². The van der Waals surface area contributed by atoms with E-state index in [-0.39, 0.29) is 22.0 Å². The van der Waals surface area contributed by atoms with Crippen LogP contribution in [0, 0.1) is 0 Å². The van der Waals surface area contributed by atoms with Crippen LogP contribution in [0.25, 0.3) is 0 Å². The summed E-state index contributed by atoms with van der Waals surface area (Å²) in [5.41, 5.74) is 5.53. The number of hydrogen-bond donors (Lipinski definition) is 2. The summed E-state index contributed by atoms with van der Waals surface area (Å²) in [6.45, 7) is 0. The summed E-state index contributed by atoms with van der Waals surface area (Å²) in [5.74, 6) is -0.858. The first-order chi connectivity index (χ1) is 6.06. The van der Waals surface area contributed by atoms with Crippen LogP contribution in [-0.4, -0.2) is 18.2 Å². The van der Waals surface area contributed by atoms with Gasteiger partial charge in [-0.3, -0.25) is 0 Å². The molecule has 70 valence electrons. The fourth-order valence-corrected chi connectivity index (χ4v) is 1.15. The summed E-state index contributed by atoms with van der Waals surface area (Å²) in [4.78, 5) is 10.6. The lowest BCUT2D eigenvalue weighted by molar-refractivity contribution is 0.0697. The first-order valence-corrected chi connectivity index (χ1v) is 3.80. The van der Waals surface area contributed by atoms with Crippen LogP contribution in [0.5, 0.6) is 5.75 Å². The molecular weight excluding hydrogens is 194 g/mol. The van der Waals surface area contributed by atoms with Gasteiger partial charge in [0.15, 0.2) is 0 Å². The second kappa shape index (κ2) is 3.53. The van der Waals surface area contributed by atoms with Crippen molar-refractivity contribution < 1.29 is 14.6 Å². The van der Waals surface area contributed by atoms with Crippen molar-refractivity contribution in [1.29, 1.82) is 0 Å². The van der Waals surface area contributed by atoms with Crippen molar-refractivity contribution in [3.63, 3.8) is 0 Å². The number of carboxylic acids is 1. The Balaban J connectivity index is 3.35. The molecule has 0 aliphatic carbocycles. The average Bonchev–Trinajstić information content (AvgIpc) is 2.08. The zero-order chi connectivity index (χ0) is 10.0. The lowest BCUT2D eigenvalue weighted by Crippen LogP contribution is -2.04. The van der Waals surface area contributed by atoms with Gasteiger partial charge in [-0.05, 0) is 6.07 Å². The van der Waals surface area contributed by atoms with Gasteiger partial charge < -0.3 is 15.6 Å². The molecule has 0 radical (unpaired) electrons. The quantitative estimate of drug-likeness (QED) is 0.714. The molecular formula is C8H8ClNO3. The van der Waals surface area contributed by atoms with Crippen molar-refractivity contribution in [2.45, 2.75) is 0 Å². The monoisotopic (exact) mass is 201 g/mol. The molecule has 0 unspecified atom stereocenters. The highest BCUT2D eigenvalue weighted by atomic mass is 35.5. The Kier molecular flexibility index (Phi) is 2.63. The van der Waals surface area contributed by atoms with E-state index in [1.807, 2.05) is 0 Å². The SMILES string of the molecule is COc1cc(Cl)cc(C(=O)O)c1N. The minimum Gasteiger partial charge on any atom is -0.495 e. The molecule has 0 aromatic heterocycles. The van der Waals surface area contributed by atoms with Crippen molar-refractivity contribution in [1.82, 2.24) is 0 Å². The Morgan fingerprint density at radius 1 is 1.62 bits per heavy atom. The molecule has 0 amide bonds. The molecule has 0 aliphatic heterocycles. The second-order valence-corrected chi connectivity index (χ2v) is 2.81. The number of halogens is 1. The third-order valence-electron chi connectivity index (χ3n) is 1.56. The van der Waals surface area contributed by atoms with E-state index in [0.29, 0.717) is 0 Å². The Labute approximate surface area is 79.9 Å². The molecule has 1 aromatic rings. The van der Waals surface area contributed by atoms with Crippen molar-refractivity contribution in [2.75, 3.05) is 12.8 Å². The summed E-state index contributed by atoms with van der Waals surface area (Å²) in [6.07, 6.45) is 0. The van der Waals surface area contributed by atoms with Gasteiger partial charge in [-0.1, -0.05) is 11.6 Å². The van der Waals surface area contributed by atoms with Gasteiger partial charge in [0.05, 0.1) is 18.4 Å². The van der Waals surface area contributed by atoms with E-state index in [9.17, 15) is 4.79 Å². The first-order valence-electron chi connectivity index (χ1n) is 3.42. The van der Waals surface area contributed by atoms with E-state index in [2.05, 4.69) is 0 Å². The number of rotatable bonds is 2. The smallest absolute Gasteiger partial charge is 0.337 e. The molecule has 0 aliphatic rings. The number of hydrogen-bond acceptors (Lipinski definition) is 3. The largest absolute Gasteiger partial charge is 0.495 e. The molecule has 1 rings (SSSR count). The summed E-state index contributed by atoms with van der Waals surface area (Å²) in [6, 6.07) is 2.74. The van der Waals surface area contributed by atoms with Gasteiger partial charge in [-0.2, -0.15) is 0 Å². The van der Waals surface area contributed by atoms with Crippen molar-refractivity contribution in [2.24, 2.45) is 0 Å². The van der Waals surface area contributed by atoms with E-state index in [0.717, 1.165) is 0 Å². The maximum absolute atomic E-state index is 10.6. The van der Waals surface area contributed by atoms with E-state index < -0.39 is 5.97 Å². The van der Waals surface area contributed by atoms with Crippen molar-refractivity contribution >= 4 is 23.3 Å². The maximum Gasteiger partial charge on any atom is 0.337 e. The van der Waals surface area contributed by atoms with Crippen LogP contribution in [0.4, 0.5) is 5.69 Å². The minimum absolute atomic E-state index is 0.0515. The fraction of sp³-hybridized carbons (Fsp3) is 0.125. The summed E-state index contributed by atoms with van der Waals surface area (Å²) < 4.78 is 4.84.